The third kappa shape index (κ3) is 3.76. The molecule has 0 unspecified atom stereocenters. The largest absolute Gasteiger partial charge is 0.207 e. The third-order valence-electron chi connectivity index (χ3n) is 1.50. The zero-order chi connectivity index (χ0) is 8.85. The van der Waals surface area contributed by atoms with Gasteiger partial charge in [0, 0.05) is 0 Å². The zero-order valence-corrected chi connectivity index (χ0v) is 7.39. The fourth-order valence-electron chi connectivity index (χ4n) is 0.801. The van der Waals surface area contributed by atoms with Gasteiger partial charge in [0.1, 0.15) is 5.83 Å². The summed E-state index contributed by atoms with van der Waals surface area (Å²) >= 11 is 0. The summed E-state index contributed by atoms with van der Waals surface area (Å²) < 4.78 is 12.6. The monoisotopic (exact) mass is 154 g/mol. The second-order valence-electron chi connectivity index (χ2n) is 2.68. The van der Waals surface area contributed by atoms with Crippen LogP contribution in [0.4, 0.5) is 4.39 Å². The van der Waals surface area contributed by atoms with Crippen LogP contribution in [0.25, 0.3) is 0 Å². The molecule has 0 bridgehead atoms. The van der Waals surface area contributed by atoms with E-state index in [4.69, 9.17) is 0 Å². The highest BCUT2D eigenvalue weighted by molar-refractivity contribution is 5.26. The summed E-state index contributed by atoms with van der Waals surface area (Å²) in [4.78, 5) is 0. The molecule has 0 aliphatic carbocycles. The maximum absolute atomic E-state index is 12.6. The molecule has 62 valence electrons. The lowest BCUT2D eigenvalue weighted by molar-refractivity contribution is 0.660. The van der Waals surface area contributed by atoms with Crippen LogP contribution in [0.5, 0.6) is 0 Å². The van der Waals surface area contributed by atoms with Gasteiger partial charge in [-0.2, -0.15) is 0 Å². The van der Waals surface area contributed by atoms with E-state index >= 15 is 0 Å². The molecule has 0 aliphatic rings. The Morgan fingerprint density at radius 2 is 2.00 bits per heavy atom. The van der Waals surface area contributed by atoms with E-state index in [9.17, 15) is 4.39 Å². The van der Waals surface area contributed by atoms with Crippen molar-refractivity contribution in [2.24, 2.45) is 5.92 Å². The van der Waals surface area contributed by atoms with E-state index in [-0.39, 0.29) is 5.83 Å². The van der Waals surface area contributed by atoms with Crippen LogP contribution in [0.1, 0.15) is 20.8 Å². The molecule has 0 aromatic carbocycles. The van der Waals surface area contributed by atoms with E-state index in [1.807, 2.05) is 26.8 Å². The molecule has 0 rings (SSSR count). The molecule has 0 heterocycles. The van der Waals surface area contributed by atoms with Gasteiger partial charge in [0.2, 0.25) is 0 Å². The second-order valence-corrected chi connectivity index (χ2v) is 2.68. The van der Waals surface area contributed by atoms with Crippen LogP contribution in [0.15, 0.2) is 36.2 Å². The van der Waals surface area contributed by atoms with E-state index in [1.165, 1.54) is 12.2 Å². The van der Waals surface area contributed by atoms with Crippen molar-refractivity contribution in [3.05, 3.63) is 36.2 Å². The Morgan fingerprint density at radius 3 is 2.27 bits per heavy atom. The standard InChI is InChI=1S/C10H15F/c1-5-9(8(3)4)7-10(11)6-2/h5-8H,2H2,1,3-4H3/b9-5+,10-7+. The number of rotatable bonds is 3. The Bertz CT molecular complexity index is 185. The topological polar surface area (TPSA) is 0 Å². The van der Waals surface area contributed by atoms with Gasteiger partial charge in [0.05, 0.1) is 0 Å². The molecular weight excluding hydrogens is 139 g/mol. The lowest BCUT2D eigenvalue weighted by atomic mass is 10.0. The van der Waals surface area contributed by atoms with Gasteiger partial charge < -0.3 is 0 Å². The first kappa shape index (κ1) is 10.2. The van der Waals surface area contributed by atoms with Crippen molar-refractivity contribution >= 4 is 0 Å². The van der Waals surface area contributed by atoms with Gasteiger partial charge in [-0.05, 0) is 30.6 Å². The van der Waals surface area contributed by atoms with E-state index in [2.05, 4.69) is 6.58 Å². The zero-order valence-electron chi connectivity index (χ0n) is 7.39. The van der Waals surface area contributed by atoms with E-state index in [1.54, 1.807) is 0 Å². The average Bonchev–Trinajstić information content (AvgIpc) is 1.99. The Kier molecular flexibility index (Phi) is 4.51. The molecule has 0 fully saturated rings. The highest BCUT2D eigenvalue weighted by atomic mass is 19.1. The maximum Gasteiger partial charge on any atom is 0.122 e. The lowest BCUT2D eigenvalue weighted by Gasteiger charge is -2.04. The molecule has 0 nitrogen and oxygen atoms in total. The van der Waals surface area contributed by atoms with E-state index < -0.39 is 0 Å². The first-order chi connectivity index (χ1) is 5.11. The molecule has 0 aromatic heterocycles. The summed E-state index contributed by atoms with van der Waals surface area (Å²) in [6, 6.07) is 0. The maximum atomic E-state index is 12.6. The lowest BCUT2D eigenvalue weighted by Crippen LogP contribution is -1.89. The van der Waals surface area contributed by atoms with Crippen LogP contribution in [-0.2, 0) is 0 Å². The molecule has 0 spiro atoms. The SMILES string of the molecule is C=C/C(F)=C\C(=C/C)C(C)C. The molecule has 0 saturated carbocycles. The van der Waals surface area contributed by atoms with Crippen LogP contribution < -0.4 is 0 Å². The predicted molar refractivity (Wildman–Crippen MR) is 48.0 cm³/mol. The fraction of sp³-hybridized carbons (Fsp3) is 0.400. The van der Waals surface area contributed by atoms with E-state index in [0.717, 1.165) is 5.57 Å². The minimum Gasteiger partial charge on any atom is -0.207 e. The summed E-state index contributed by atoms with van der Waals surface area (Å²) in [5.41, 5.74) is 1.00. The molecule has 0 amide bonds. The first-order valence-corrected chi connectivity index (χ1v) is 3.77. The summed E-state index contributed by atoms with van der Waals surface area (Å²) in [6.07, 6.45) is 4.64. The van der Waals surface area contributed by atoms with Crippen molar-refractivity contribution in [2.75, 3.05) is 0 Å². The van der Waals surface area contributed by atoms with Crippen LogP contribution in [0, 0.1) is 5.92 Å². The van der Waals surface area contributed by atoms with Crippen molar-refractivity contribution < 1.29 is 4.39 Å². The number of hydrogen-bond acceptors (Lipinski definition) is 0. The molecule has 0 radical (unpaired) electrons. The molecule has 1 heteroatoms. The minimum atomic E-state index is -0.271. The van der Waals surface area contributed by atoms with Crippen molar-refractivity contribution in [3.63, 3.8) is 0 Å². The Morgan fingerprint density at radius 1 is 1.45 bits per heavy atom. The quantitative estimate of drug-likeness (QED) is 0.544. The Hall–Kier alpha value is -0.850. The highest BCUT2D eigenvalue weighted by Crippen LogP contribution is 2.13. The molecule has 0 saturated heterocycles. The van der Waals surface area contributed by atoms with Gasteiger partial charge in [-0.1, -0.05) is 26.5 Å². The Labute approximate surface area is 68.1 Å². The normalized spacial score (nSPS) is 13.9. The van der Waals surface area contributed by atoms with Gasteiger partial charge >= 0.3 is 0 Å². The summed E-state index contributed by atoms with van der Waals surface area (Å²) in [6.45, 7) is 9.30. The fourth-order valence-corrected chi connectivity index (χ4v) is 0.801. The number of hydrogen-bond donors (Lipinski definition) is 0. The van der Waals surface area contributed by atoms with Crippen LogP contribution in [-0.4, -0.2) is 0 Å². The van der Waals surface area contributed by atoms with Gasteiger partial charge in [-0.25, -0.2) is 4.39 Å². The summed E-state index contributed by atoms with van der Waals surface area (Å²) in [5.74, 6) is 0.0949. The smallest absolute Gasteiger partial charge is 0.122 e. The van der Waals surface area contributed by atoms with Gasteiger partial charge in [-0.3, -0.25) is 0 Å². The number of halogens is 1. The van der Waals surface area contributed by atoms with Crippen LogP contribution in [0.2, 0.25) is 0 Å². The van der Waals surface area contributed by atoms with Crippen LogP contribution >= 0.6 is 0 Å². The molecule has 0 atom stereocenters. The van der Waals surface area contributed by atoms with E-state index in [0.29, 0.717) is 5.92 Å². The minimum absolute atomic E-state index is 0.271. The molecule has 0 aromatic rings. The first-order valence-electron chi connectivity index (χ1n) is 3.77. The predicted octanol–water partition coefficient (Wildman–Crippen LogP) is 3.63. The summed E-state index contributed by atoms with van der Waals surface area (Å²) in [7, 11) is 0. The second kappa shape index (κ2) is 4.89. The average molecular weight is 154 g/mol. The van der Waals surface area contributed by atoms with Gasteiger partial charge in [0.25, 0.3) is 0 Å². The molecule has 0 N–H and O–H groups in total. The number of allylic oxidation sites excluding steroid dienone is 5. The summed E-state index contributed by atoms with van der Waals surface area (Å²) in [5, 5.41) is 0. The highest BCUT2D eigenvalue weighted by Gasteiger charge is 1.98. The van der Waals surface area contributed by atoms with Crippen LogP contribution in [0.3, 0.4) is 0 Å². The van der Waals surface area contributed by atoms with Crippen molar-refractivity contribution in [1.29, 1.82) is 0 Å². The molecular formula is C10H15F. The third-order valence-corrected chi connectivity index (χ3v) is 1.50. The molecule has 0 aliphatic heterocycles. The van der Waals surface area contributed by atoms with Crippen molar-refractivity contribution in [1.82, 2.24) is 0 Å². The Balaban J connectivity index is 4.44. The van der Waals surface area contributed by atoms with Crippen molar-refractivity contribution in [2.45, 2.75) is 20.8 Å². The van der Waals surface area contributed by atoms with Gasteiger partial charge in [-0.15, -0.1) is 0 Å². The molecule has 11 heavy (non-hydrogen) atoms. The van der Waals surface area contributed by atoms with Crippen molar-refractivity contribution in [3.8, 4) is 0 Å². The van der Waals surface area contributed by atoms with Gasteiger partial charge in [0.15, 0.2) is 0 Å².